The number of anilines is 1. The number of rotatable bonds is 3. The molecule has 3 nitrogen and oxygen atoms in total. The fraction of sp³-hybridized carbons (Fsp3) is 0.286. The van der Waals surface area contributed by atoms with Gasteiger partial charge in [-0.1, -0.05) is 44.2 Å². The maximum absolute atomic E-state index is 5.80. The van der Waals surface area contributed by atoms with Crippen molar-refractivity contribution in [2.24, 2.45) is 0 Å². The highest BCUT2D eigenvalue weighted by molar-refractivity contribution is 5.32. The number of aromatic nitrogens is 2. The van der Waals surface area contributed by atoms with Crippen molar-refractivity contribution in [3.05, 3.63) is 53.5 Å². The Labute approximate surface area is 102 Å². The monoisotopic (exact) mass is 227 g/mol. The van der Waals surface area contributed by atoms with E-state index in [2.05, 4.69) is 35.9 Å². The third-order valence-electron chi connectivity index (χ3n) is 2.61. The Balaban J connectivity index is 2.27. The number of nitrogen functional groups attached to an aromatic ring is 1. The fourth-order valence-corrected chi connectivity index (χ4v) is 1.69. The Morgan fingerprint density at radius 3 is 2.47 bits per heavy atom. The van der Waals surface area contributed by atoms with Crippen molar-refractivity contribution < 1.29 is 0 Å². The highest BCUT2D eigenvalue weighted by Crippen LogP contribution is 2.15. The quantitative estimate of drug-likeness (QED) is 0.877. The summed E-state index contributed by atoms with van der Waals surface area (Å²) in [6.45, 7) is 4.21. The van der Waals surface area contributed by atoms with Gasteiger partial charge in [0.05, 0.1) is 0 Å². The first kappa shape index (κ1) is 11.6. The highest BCUT2D eigenvalue weighted by Gasteiger charge is 2.06. The molecule has 88 valence electrons. The van der Waals surface area contributed by atoms with Crippen molar-refractivity contribution in [1.29, 1.82) is 0 Å². The molecule has 0 aliphatic carbocycles. The molecular weight excluding hydrogens is 210 g/mol. The zero-order valence-corrected chi connectivity index (χ0v) is 10.2. The first-order valence-corrected chi connectivity index (χ1v) is 5.82. The zero-order chi connectivity index (χ0) is 12.3. The smallest absolute Gasteiger partial charge is 0.135 e. The molecular formula is C14H17N3. The minimum absolute atomic E-state index is 0.370. The lowest BCUT2D eigenvalue weighted by molar-refractivity contribution is 0.794. The van der Waals surface area contributed by atoms with Crippen LogP contribution < -0.4 is 5.73 Å². The normalized spacial score (nSPS) is 10.8. The van der Waals surface area contributed by atoms with E-state index in [9.17, 15) is 0 Å². The summed E-state index contributed by atoms with van der Waals surface area (Å²) in [5.74, 6) is 1.71. The van der Waals surface area contributed by atoms with Crippen LogP contribution in [0.25, 0.3) is 0 Å². The summed E-state index contributed by atoms with van der Waals surface area (Å²) >= 11 is 0. The Morgan fingerprint density at radius 1 is 1.12 bits per heavy atom. The van der Waals surface area contributed by atoms with Gasteiger partial charge in [0.15, 0.2) is 0 Å². The second kappa shape index (κ2) is 4.95. The molecule has 0 unspecified atom stereocenters. The lowest BCUT2D eigenvalue weighted by Gasteiger charge is -2.08. The van der Waals surface area contributed by atoms with Crippen LogP contribution in [0.15, 0.2) is 36.4 Å². The van der Waals surface area contributed by atoms with E-state index in [0.717, 1.165) is 17.9 Å². The van der Waals surface area contributed by atoms with Gasteiger partial charge in [-0.25, -0.2) is 9.97 Å². The van der Waals surface area contributed by atoms with Crippen LogP contribution in [-0.4, -0.2) is 9.97 Å². The van der Waals surface area contributed by atoms with Gasteiger partial charge >= 0.3 is 0 Å². The van der Waals surface area contributed by atoms with Crippen LogP contribution in [0, 0.1) is 0 Å². The van der Waals surface area contributed by atoms with Crippen LogP contribution in [0.4, 0.5) is 5.82 Å². The predicted octanol–water partition coefficient (Wildman–Crippen LogP) is 2.77. The lowest BCUT2D eigenvalue weighted by Crippen LogP contribution is -2.05. The van der Waals surface area contributed by atoms with E-state index >= 15 is 0 Å². The molecule has 2 rings (SSSR count). The third kappa shape index (κ3) is 3.03. The van der Waals surface area contributed by atoms with Crippen LogP contribution in [0.1, 0.15) is 36.8 Å². The summed E-state index contributed by atoms with van der Waals surface area (Å²) in [6, 6.07) is 12.0. The lowest BCUT2D eigenvalue weighted by atomic mass is 10.1. The summed E-state index contributed by atoms with van der Waals surface area (Å²) in [7, 11) is 0. The summed E-state index contributed by atoms with van der Waals surface area (Å²) in [4.78, 5) is 8.82. The van der Waals surface area contributed by atoms with E-state index in [4.69, 9.17) is 5.73 Å². The minimum atomic E-state index is 0.370. The van der Waals surface area contributed by atoms with Crippen LogP contribution in [-0.2, 0) is 6.42 Å². The first-order valence-electron chi connectivity index (χ1n) is 5.82. The van der Waals surface area contributed by atoms with Crippen molar-refractivity contribution in [1.82, 2.24) is 9.97 Å². The molecule has 0 bridgehead atoms. The third-order valence-corrected chi connectivity index (χ3v) is 2.61. The van der Waals surface area contributed by atoms with Gasteiger partial charge in [-0.15, -0.1) is 0 Å². The summed E-state index contributed by atoms with van der Waals surface area (Å²) < 4.78 is 0. The molecule has 0 aliphatic rings. The fourth-order valence-electron chi connectivity index (χ4n) is 1.69. The van der Waals surface area contributed by atoms with Gasteiger partial charge < -0.3 is 5.73 Å². The second-order valence-corrected chi connectivity index (χ2v) is 4.45. The maximum atomic E-state index is 5.80. The minimum Gasteiger partial charge on any atom is -0.384 e. The summed E-state index contributed by atoms with van der Waals surface area (Å²) in [5.41, 5.74) is 8.00. The zero-order valence-electron chi connectivity index (χ0n) is 10.2. The van der Waals surface area contributed by atoms with E-state index in [1.807, 2.05) is 24.3 Å². The number of nitrogens with zero attached hydrogens (tertiary/aromatic N) is 2. The van der Waals surface area contributed by atoms with E-state index in [1.54, 1.807) is 0 Å². The summed E-state index contributed by atoms with van der Waals surface area (Å²) in [5, 5.41) is 0. The average Bonchev–Trinajstić information content (AvgIpc) is 2.29. The predicted molar refractivity (Wildman–Crippen MR) is 69.8 cm³/mol. The average molecular weight is 227 g/mol. The van der Waals surface area contributed by atoms with Gasteiger partial charge in [-0.3, -0.25) is 0 Å². The standard InChI is InChI=1S/C14H17N3/c1-10(2)12-9-13(15)17-14(16-12)8-11-6-4-3-5-7-11/h3-7,9-10H,8H2,1-2H3,(H2,15,16,17). The molecule has 3 heteroatoms. The molecule has 1 aromatic carbocycles. The molecule has 2 aromatic rings. The first-order chi connectivity index (χ1) is 8.15. The SMILES string of the molecule is CC(C)c1cc(N)nc(Cc2ccccc2)n1. The molecule has 0 amide bonds. The van der Waals surface area contributed by atoms with E-state index < -0.39 is 0 Å². The molecule has 0 saturated carbocycles. The number of nitrogens with two attached hydrogens (primary N) is 1. The van der Waals surface area contributed by atoms with Gasteiger partial charge in [-0.05, 0) is 11.5 Å². The largest absolute Gasteiger partial charge is 0.384 e. The topological polar surface area (TPSA) is 51.8 Å². The van der Waals surface area contributed by atoms with Gasteiger partial charge in [0, 0.05) is 18.2 Å². The van der Waals surface area contributed by atoms with Crippen LogP contribution in [0.2, 0.25) is 0 Å². The molecule has 17 heavy (non-hydrogen) atoms. The summed E-state index contributed by atoms with van der Waals surface area (Å²) in [6.07, 6.45) is 0.728. The highest BCUT2D eigenvalue weighted by atomic mass is 14.9. The van der Waals surface area contributed by atoms with Gasteiger partial charge in [0.2, 0.25) is 0 Å². The Kier molecular flexibility index (Phi) is 3.38. The Hall–Kier alpha value is -1.90. The number of hydrogen-bond acceptors (Lipinski definition) is 3. The molecule has 0 atom stereocenters. The van der Waals surface area contributed by atoms with Gasteiger partial charge in [-0.2, -0.15) is 0 Å². The van der Waals surface area contributed by atoms with Crippen molar-refractivity contribution in [3.8, 4) is 0 Å². The maximum Gasteiger partial charge on any atom is 0.135 e. The molecule has 1 heterocycles. The Bertz CT molecular complexity index is 492. The molecule has 0 spiro atoms. The molecule has 0 aliphatic heterocycles. The Morgan fingerprint density at radius 2 is 1.82 bits per heavy atom. The van der Waals surface area contributed by atoms with Crippen molar-refractivity contribution in [3.63, 3.8) is 0 Å². The molecule has 2 N–H and O–H groups in total. The van der Waals surface area contributed by atoms with Crippen LogP contribution in [0.5, 0.6) is 0 Å². The molecule has 0 radical (unpaired) electrons. The van der Waals surface area contributed by atoms with Crippen molar-refractivity contribution in [2.75, 3.05) is 5.73 Å². The van der Waals surface area contributed by atoms with E-state index in [0.29, 0.717) is 11.7 Å². The van der Waals surface area contributed by atoms with Crippen LogP contribution >= 0.6 is 0 Å². The van der Waals surface area contributed by atoms with E-state index in [-0.39, 0.29) is 0 Å². The molecule has 1 aromatic heterocycles. The number of benzene rings is 1. The second-order valence-electron chi connectivity index (χ2n) is 4.45. The van der Waals surface area contributed by atoms with Crippen LogP contribution in [0.3, 0.4) is 0 Å². The molecule has 0 saturated heterocycles. The van der Waals surface area contributed by atoms with Gasteiger partial charge in [0.1, 0.15) is 11.6 Å². The van der Waals surface area contributed by atoms with Crippen molar-refractivity contribution >= 4 is 5.82 Å². The number of hydrogen-bond donors (Lipinski definition) is 1. The molecule has 0 fully saturated rings. The van der Waals surface area contributed by atoms with E-state index in [1.165, 1.54) is 5.56 Å². The van der Waals surface area contributed by atoms with Gasteiger partial charge in [0.25, 0.3) is 0 Å². The van der Waals surface area contributed by atoms with Crippen molar-refractivity contribution in [2.45, 2.75) is 26.2 Å².